The van der Waals surface area contributed by atoms with E-state index in [1.807, 2.05) is 22.6 Å². The molecule has 0 aromatic heterocycles. The van der Waals surface area contributed by atoms with Gasteiger partial charge in [-0.05, 0) is 71.8 Å². The maximum absolute atomic E-state index is 11.9. The number of carboxylic acids is 2. The molecule has 2 aromatic carbocycles. The van der Waals surface area contributed by atoms with Crippen LogP contribution in [0.5, 0.6) is 5.75 Å². The SMILES string of the molecule is C=CCCOc1c(C(=O)O)ccc(C)c1C(=O)O.FC(F)(F)c1ccc(I)cc1. The van der Waals surface area contributed by atoms with Crippen LogP contribution in [0.15, 0.2) is 49.1 Å². The van der Waals surface area contributed by atoms with Gasteiger partial charge in [0.25, 0.3) is 0 Å². The van der Waals surface area contributed by atoms with E-state index in [1.54, 1.807) is 13.0 Å². The van der Waals surface area contributed by atoms with Gasteiger partial charge in [0.05, 0.1) is 12.2 Å². The van der Waals surface area contributed by atoms with Gasteiger partial charge in [-0.1, -0.05) is 12.1 Å². The van der Waals surface area contributed by atoms with Crippen molar-refractivity contribution in [2.45, 2.75) is 19.5 Å². The molecule has 2 rings (SSSR count). The maximum atomic E-state index is 11.9. The normalized spacial score (nSPS) is 10.5. The summed E-state index contributed by atoms with van der Waals surface area (Å²) in [7, 11) is 0. The van der Waals surface area contributed by atoms with Crippen LogP contribution in [-0.2, 0) is 6.18 Å². The van der Waals surface area contributed by atoms with Gasteiger partial charge in [0, 0.05) is 3.57 Å². The Kier molecular flexibility index (Phi) is 9.15. The van der Waals surface area contributed by atoms with E-state index in [-0.39, 0.29) is 23.5 Å². The van der Waals surface area contributed by atoms with E-state index >= 15 is 0 Å². The Morgan fingerprint density at radius 1 is 1.10 bits per heavy atom. The molecule has 0 bridgehead atoms. The van der Waals surface area contributed by atoms with Crippen molar-refractivity contribution in [1.29, 1.82) is 0 Å². The second-order valence-electron chi connectivity index (χ2n) is 5.67. The molecule has 0 saturated heterocycles. The smallest absolute Gasteiger partial charge is 0.416 e. The van der Waals surface area contributed by atoms with E-state index < -0.39 is 23.7 Å². The predicted molar refractivity (Wildman–Crippen MR) is 110 cm³/mol. The fraction of sp³-hybridized carbons (Fsp3) is 0.200. The van der Waals surface area contributed by atoms with E-state index in [4.69, 9.17) is 14.9 Å². The number of carbonyl (C=O) groups is 2. The van der Waals surface area contributed by atoms with Gasteiger partial charge >= 0.3 is 18.1 Å². The van der Waals surface area contributed by atoms with Gasteiger partial charge in [-0.15, -0.1) is 6.58 Å². The second-order valence-corrected chi connectivity index (χ2v) is 6.92. The zero-order valence-corrected chi connectivity index (χ0v) is 17.5. The van der Waals surface area contributed by atoms with Crippen LogP contribution >= 0.6 is 22.6 Å². The summed E-state index contributed by atoms with van der Waals surface area (Å²) in [5.41, 5.74) is -0.403. The third kappa shape index (κ3) is 7.41. The second kappa shape index (κ2) is 10.8. The highest BCUT2D eigenvalue weighted by Gasteiger charge is 2.29. The fourth-order valence-corrected chi connectivity index (χ4v) is 2.51. The number of carboxylic acid groups (broad SMARTS) is 2. The summed E-state index contributed by atoms with van der Waals surface area (Å²) in [4.78, 5) is 22.2. The Bertz CT molecular complexity index is 877. The lowest BCUT2D eigenvalue weighted by Gasteiger charge is -2.13. The summed E-state index contributed by atoms with van der Waals surface area (Å²) >= 11 is 1.96. The zero-order valence-electron chi connectivity index (χ0n) is 15.3. The van der Waals surface area contributed by atoms with E-state index in [0.717, 1.165) is 15.7 Å². The largest absolute Gasteiger partial charge is 0.491 e. The number of benzene rings is 2. The minimum absolute atomic E-state index is 0.100. The van der Waals surface area contributed by atoms with Crippen molar-refractivity contribution in [2.24, 2.45) is 0 Å². The molecule has 29 heavy (non-hydrogen) atoms. The summed E-state index contributed by atoms with van der Waals surface area (Å²) in [6, 6.07) is 7.80. The van der Waals surface area contributed by atoms with Crippen LogP contribution in [-0.4, -0.2) is 28.8 Å². The molecular formula is C20H18F3IO5. The highest BCUT2D eigenvalue weighted by atomic mass is 127. The van der Waals surface area contributed by atoms with Crippen molar-refractivity contribution in [2.75, 3.05) is 6.61 Å². The van der Waals surface area contributed by atoms with Crippen LogP contribution in [0.1, 0.15) is 38.3 Å². The molecule has 0 fully saturated rings. The lowest BCUT2D eigenvalue weighted by Crippen LogP contribution is -2.11. The first-order chi connectivity index (χ1) is 13.5. The van der Waals surface area contributed by atoms with Crippen LogP contribution in [0.25, 0.3) is 0 Å². The molecule has 0 aliphatic rings. The first kappa shape index (κ1) is 24.5. The van der Waals surface area contributed by atoms with Crippen molar-refractivity contribution >= 4 is 34.5 Å². The molecule has 0 unspecified atom stereocenters. The topological polar surface area (TPSA) is 83.8 Å². The van der Waals surface area contributed by atoms with Crippen LogP contribution in [0, 0.1) is 10.5 Å². The third-order valence-corrected chi connectivity index (χ3v) is 4.27. The molecular weight excluding hydrogens is 504 g/mol. The van der Waals surface area contributed by atoms with Gasteiger partial charge in [-0.3, -0.25) is 0 Å². The Balaban J connectivity index is 0.000000326. The Hall–Kier alpha value is -2.56. The van der Waals surface area contributed by atoms with Crippen molar-refractivity contribution in [3.63, 3.8) is 0 Å². The lowest BCUT2D eigenvalue weighted by molar-refractivity contribution is -0.137. The van der Waals surface area contributed by atoms with E-state index in [1.165, 1.54) is 24.3 Å². The Morgan fingerprint density at radius 2 is 1.69 bits per heavy atom. The number of aromatic carboxylic acids is 2. The molecule has 0 amide bonds. The average molecular weight is 522 g/mol. The molecule has 0 radical (unpaired) electrons. The maximum Gasteiger partial charge on any atom is 0.416 e. The van der Waals surface area contributed by atoms with Crippen LogP contribution in [0.4, 0.5) is 13.2 Å². The minimum Gasteiger partial charge on any atom is -0.491 e. The molecule has 2 aromatic rings. The molecule has 0 heterocycles. The van der Waals surface area contributed by atoms with Crippen molar-refractivity contribution < 1.29 is 37.7 Å². The zero-order chi connectivity index (χ0) is 22.2. The van der Waals surface area contributed by atoms with E-state index in [9.17, 15) is 22.8 Å². The quantitative estimate of drug-likeness (QED) is 0.291. The Labute approximate surface area is 179 Å². The van der Waals surface area contributed by atoms with Crippen molar-refractivity contribution in [1.82, 2.24) is 0 Å². The number of aryl methyl sites for hydroxylation is 1. The highest BCUT2D eigenvalue weighted by molar-refractivity contribution is 14.1. The molecule has 0 spiro atoms. The van der Waals surface area contributed by atoms with Crippen LogP contribution < -0.4 is 4.74 Å². The van der Waals surface area contributed by atoms with E-state index in [2.05, 4.69) is 6.58 Å². The first-order valence-corrected chi connectivity index (χ1v) is 9.23. The summed E-state index contributed by atoms with van der Waals surface area (Å²) in [5, 5.41) is 18.1. The highest BCUT2D eigenvalue weighted by Crippen LogP contribution is 2.29. The first-order valence-electron chi connectivity index (χ1n) is 8.15. The molecule has 9 heteroatoms. The van der Waals surface area contributed by atoms with Crippen LogP contribution in [0.3, 0.4) is 0 Å². The predicted octanol–water partition coefficient (Wildman–Crippen LogP) is 5.66. The molecule has 0 atom stereocenters. The Morgan fingerprint density at radius 3 is 2.14 bits per heavy atom. The number of hydrogen-bond donors (Lipinski definition) is 2. The molecule has 2 N–H and O–H groups in total. The summed E-state index contributed by atoms with van der Waals surface area (Å²) in [6.07, 6.45) is -2.10. The van der Waals surface area contributed by atoms with Crippen molar-refractivity contribution in [3.8, 4) is 5.75 Å². The van der Waals surface area contributed by atoms with E-state index in [0.29, 0.717) is 12.0 Å². The average Bonchev–Trinajstić information content (AvgIpc) is 2.61. The molecule has 0 aliphatic heterocycles. The van der Waals surface area contributed by atoms with Gasteiger partial charge in [0.1, 0.15) is 16.9 Å². The molecule has 0 aliphatic carbocycles. The standard InChI is InChI=1S/C13H14O5.C7H4F3I/c1-3-4-7-18-11-9(12(14)15)6-5-8(2)10(11)13(16)17;8-7(9,10)5-1-3-6(11)4-2-5/h3,5-6H,1,4,7H2,2H3,(H,14,15)(H,16,17);1-4H. The summed E-state index contributed by atoms with van der Waals surface area (Å²) in [6.45, 7) is 5.29. The minimum atomic E-state index is -4.22. The third-order valence-electron chi connectivity index (χ3n) is 3.55. The van der Waals surface area contributed by atoms with Gasteiger partial charge in [-0.2, -0.15) is 13.2 Å². The number of halogens is 4. The summed E-state index contributed by atoms with van der Waals surface area (Å²) < 4.78 is 41.8. The van der Waals surface area contributed by atoms with Crippen molar-refractivity contribution in [3.05, 3.63) is 74.9 Å². The van der Waals surface area contributed by atoms with Gasteiger partial charge in [0.15, 0.2) is 0 Å². The lowest BCUT2D eigenvalue weighted by atomic mass is 10.0. The number of hydrogen-bond acceptors (Lipinski definition) is 3. The fourth-order valence-electron chi connectivity index (χ4n) is 2.15. The summed E-state index contributed by atoms with van der Waals surface area (Å²) in [5.74, 6) is -2.52. The number of ether oxygens (including phenoxy) is 1. The molecule has 5 nitrogen and oxygen atoms in total. The molecule has 0 saturated carbocycles. The number of rotatable bonds is 6. The molecule has 156 valence electrons. The monoisotopic (exact) mass is 522 g/mol. The van der Waals surface area contributed by atoms with Gasteiger partial charge in [0.2, 0.25) is 0 Å². The number of alkyl halides is 3. The van der Waals surface area contributed by atoms with Gasteiger partial charge < -0.3 is 14.9 Å². The van der Waals surface area contributed by atoms with Crippen LogP contribution in [0.2, 0.25) is 0 Å². The van der Waals surface area contributed by atoms with Gasteiger partial charge in [-0.25, -0.2) is 9.59 Å².